The van der Waals surface area contributed by atoms with Gasteiger partial charge in [-0.3, -0.25) is 13.7 Å². The molecule has 4 nitrogen and oxygen atoms in total. The van der Waals surface area contributed by atoms with Gasteiger partial charge in [-0.15, -0.1) is 0 Å². The SMILES string of the molecule is c1ccc(-n2c(-n3c4ccccc4c4cc5c6ccccc6n(-c6ccccc6)c5nc43)cc3ccccc32)cc1. The number of aromatic nitrogens is 4. The Morgan fingerprint density at radius 3 is 1.51 bits per heavy atom. The van der Waals surface area contributed by atoms with Crippen molar-refractivity contribution in [3.05, 3.63) is 146 Å². The average molecular weight is 525 g/mol. The molecule has 0 N–H and O–H groups in total. The Bertz CT molecular complexity index is 2410. The minimum Gasteiger partial charge on any atom is -0.295 e. The van der Waals surface area contributed by atoms with Gasteiger partial charge >= 0.3 is 0 Å². The van der Waals surface area contributed by atoms with E-state index in [9.17, 15) is 0 Å². The third-order valence-electron chi connectivity index (χ3n) is 8.23. The zero-order valence-electron chi connectivity index (χ0n) is 22.1. The molecule has 0 unspecified atom stereocenters. The van der Waals surface area contributed by atoms with E-state index in [0.717, 1.165) is 50.3 Å². The van der Waals surface area contributed by atoms with Gasteiger partial charge in [0.1, 0.15) is 17.1 Å². The highest BCUT2D eigenvalue weighted by atomic mass is 15.2. The van der Waals surface area contributed by atoms with E-state index in [1.165, 1.54) is 21.7 Å². The second-order valence-corrected chi connectivity index (χ2v) is 10.5. The minimum atomic E-state index is 0.943. The van der Waals surface area contributed by atoms with Crippen molar-refractivity contribution in [2.75, 3.05) is 0 Å². The highest BCUT2D eigenvalue weighted by Crippen LogP contribution is 2.39. The van der Waals surface area contributed by atoms with Crippen molar-refractivity contribution in [2.45, 2.75) is 0 Å². The predicted molar refractivity (Wildman–Crippen MR) is 170 cm³/mol. The van der Waals surface area contributed by atoms with Gasteiger partial charge < -0.3 is 0 Å². The molecular weight excluding hydrogens is 500 g/mol. The topological polar surface area (TPSA) is 27.7 Å². The molecule has 5 aromatic carbocycles. The molecule has 4 heteroatoms. The number of hydrogen-bond donors (Lipinski definition) is 0. The Labute approximate surface area is 235 Å². The summed E-state index contributed by atoms with van der Waals surface area (Å²) < 4.78 is 6.97. The second kappa shape index (κ2) is 8.44. The van der Waals surface area contributed by atoms with Crippen LogP contribution in [0.25, 0.3) is 72.0 Å². The van der Waals surface area contributed by atoms with Crippen LogP contribution in [0.4, 0.5) is 0 Å². The molecule has 0 bridgehead atoms. The van der Waals surface area contributed by atoms with Crippen molar-refractivity contribution in [3.63, 3.8) is 0 Å². The highest BCUT2D eigenvalue weighted by molar-refractivity contribution is 6.16. The molecule has 192 valence electrons. The van der Waals surface area contributed by atoms with E-state index in [-0.39, 0.29) is 0 Å². The van der Waals surface area contributed by atoms with Crippen LogP contribution in [-0.4, -0.2) is 18.7 Å². The van der Waals surface area contributed by atoms with E-state index in [4.69, 9.17) is 4.98 Å². The van der Waals surface area contributed by atoms with E-state index in [2.05, 4.69) is 159 Å². The zero-order chi connectivity index (χ0) is 26.9. The number of fused-ring (bicyclic) bond motifs is 7. The van der Waals surface area contributed by atoms with E-state index < -0.39 is 0 Å². The molecule has 0 saturated carbocycles. The van der Waals surface area contributed by atoms with E-state index in [0.29, 0.717) is 0 Å². The standard InChI is InChI=1S/C37H24N4/c1-3-14-26(15-4-1)39-32-20-10-7-13-25(32)23-35(39)41-34-22-12-9-19-29(34)31-24-30-28-18-8-11-21-33(28)40(36(30)38-37(31)41)27-16-5-2-6-17-27/h1-24H. The van der Waals surface area contributed by atoms with Gasteiger partial charge in [-0.2, -0.15) is 0 Å². The van der Waals surface area contributed by atoms with Gasteiger partial charge in [0.2, 0.25) is 0 Å². The first-order valence-electron chi connectivity index (χ1n) is 13.9. The maximum absolute atomic E-state index is 5.52. The van der Waals surface area contributed by atoms with Crippen LogP contribution in [0.1, 0.15) is 0 Å². The summed E-state index contributed by atoms with van der Waals surface area (Å²) >= 11 is 0. The quantitative estimate of drug-likeness (QED) is 0.226. The van der Waals surface area contributed by atoms with Crippen molar-refractivity contribution in [1.29, 1.82) is 0 Å². The number of hydrogen-bond acceptors (Lipinski definition) is 1. The Balaban J connectivity index is 1.48. The molecule has 0 amide bonds. The van der Waals surface area contributed by atoms with Crippen LogP contribution in [0.15, 0.2) is 146 Å². The number of benzene rings is 5. The summed E-state index contributed by atoms with van der Waals surface area (Å²) in [4.78, 5) is 5.52. The molecule has 4 aromatic heterocycles. The maximum Gasteiger partial charge on any atom is 0.149 e. The Morgan fingerprint density at radius 2 is 0.854 bits per heavy atom. The van der Waals surface area contributed by atoms with Gasteiger partial charge in [-0.1, -0.05) is 91.0 Å². The van der Waals surface area contributed by atoms with Crippen LogP contribution < -0.4 is 0 Å². The lowest BCUT2D eigenvalue weighted by atomic mass is 10.1. The van der Waals surface area contributed by atoms with Gasteiger partial charge in [-0.05, 0) is 54.6 Å². The second-order valence-electron chi connectivity index (χ2n) is 10.5. The van der Waals surface area contributed by atoms with Gasteiger partial charge in [0, 0.05) is 38.3 Å². The summed E-state index contributed by atoms with van der Waals surface area (Å²) in [6, 6.07) is 51.6. The van der Waals surface area contributed by atoms with Gasteiger partial charge in [0.25, 0.3) is 0 Å². The monoisotopic (exact) mass is 524 g/mol. The normalized spacial score (nSPS) is 11.9. The largest absolute Gasteiger partial charge is 0.295 e. The van der Waals surface area contributed by atoms with Crippen molar-refractivity contribution >= 4 is 54.8 Å². The Morgan fingerprint density at radius 1 is 0.366 bits per heavy atom. The lowest BCUT2D eigenvalue weighted by Crippen LogP contribution is -2.05. The van der Waals surface area contributed by atoms with Gasteiger partial charge in [0.05, 0.1) is 16.6 Å². The maximum atomic E-state index is 5.52. The number of nitrogens with zero attached hydrogens (tertiary/aromatic N) is 4. The smallest absolute Gasteiger partial charge is 0.149 e. The Kier molecular flexibility index (Phi) is 4.58. The molecule has 0 saturated heterocycles. The summed E-state index contributed by atoms with van der Waals surface area (Å²) in [6.45, 7) is 0. The van der Waals surface area contributed by atoms with Crippen molar-refractivity contribution in [3.8, 4) is 17.2 Å². The van der Waals surface area contributed by atoms with E-state index >= 15 is 0 Å². The molecule has 0 aliphatic rings. The Hall–Kier alpha value is -5.61. The van der Waals surface area contributed by atoms with E-state index in [1.54, 1.807) is 0 Å². The number of para-hydroxylation sites is 5. The van der Waals surface area contributed by atoms with Crippen LogP contribution in [0.5, 0.6) is 0 Å². The molecule has 9 aromatic rings. The molecule has 0 radical (unpaired) electrons. The lowest BCUT2D eigenvalue weighted by Gasteiger charge is -2.14. The molecule has 0 fully saturated rings. The van der Waals surface area contributed by atoms with Crippen LogP contribution in [0, 0.1) is 0 Å². The fourth-order valence-corrected chi connectivity index (χ4v) is 6.48. The van der Waals surface area contributed by atoms with Crippen molar-refractivity contribution < 1.29 is 0 Å². The first-order chi connectivity index (χ1) is 20.4. The summed E-state index contributed by atoms with van der Waals surface area (Å²) in [6.07, 6.45) is 0. The van der Waals surface area contributed by atoms with Gasteiger partial charge in [-0.25, -0.2) is 4.98 Å². The summed E-state index contributed by atoms with van der Waals surface area (Å²) in [5.41, 5.74) is 7.58. The molecule has 0 spiro atoms. The van der Waals surface area contributed by atoms with Crippen LogP contribution in [-0.2, 0) is 0 Å². The first-order valence-corrected chi connectivity index (χ1v) is 13.9. The van der Waals surface area contributed by atoms with Crippen LogP contribution >= 0.6 is 0 Å². The summed E-state index contributed by atoms with van der Waals surface area (Å²) in [7, 11) is 0. The minimum absolute atomic E-state index is 0.943. The van der Waals surface area contributed by atoms with E-state index in [1.807, 2.05) is 0 Å². The molecule has 41 heavy (non-hydrogen) atoms. The predicted octanol–water partition coefficient (Wildman–Crippen LogP) is 9.22. The molecule has 0 aliphatic heterocycles. The lowest BCUT2D eigenvalue weighted by molar-refractivity contribution is 0.989. The molecular formula is C37H24N4. The fraction of sp³-hybridized carbons (Fsp3) is 0. The highest BCUT2D eigenvalue weighted by Gasteiger charge is 2.22. The van der Waals surface area contributed by atoms with Crippen LogP contribution in [0.2, 0.25) is 0 Å². The summed E-state index contributed by atoms with van der Waals surface area (Å²) in [5.74, 6) is 1.07. The number of rotatable bonds is 3. The third kappa shape index (κ3) is 3.13. The average Bonchev–Trinajstić information content (AvgIpc) is 3.68. The van der Waals surface area contributed by atoms with Crippen molar-refractivity contribution in [1.82, 2.24) is 18.7 Å². The molecule has 0 aliphatic carbocycles. The summed E-state index contributed by atoms with van der Waals surface area (Å²) in [5, 5.41) is 5.89. The first kappa shape index (κ1) is 22.2. The molecule has 0 atom stereocenters. The molecule has 9 rings (SSSR count). The third-order valence-corrected chi connectivity index (χ3v) is 8.23. The van der Waals surface area contributed by atoms with Gasteiger partial charge in [0.15, 0.2) is 0 Å². The number of pyridine rings is 1. The zero-order valence-corrected chi connectivity index (χ0v) is 22.1. The van der Waals surface area contributed by atoms with Crippen LogP contribution in [0.3, 0.4) is 0 Å². The fourth-order valence-electron chi connectivity index (χ4n) is 6.48. The van der Waals surface area contributed by atoms with Crippen molar-refractivity contribution in [2.24, 2.45) is 0 Å². The molecule has 4 heterocycles.